The van der Waals surface area contributed by atoms with Gasteiger partial charge in [-0.05, 0) is 36.5 Å². The van der Waals surface area contributed by atoms with Gasteiger partial charge in [0, 0.05) is 11.6 Å². The Morgan fingerprint density at radius 1 is 1.35 bits per heavy atom. The van der Waals surface area contributed by atoms with Crippen LogP contribution >= 0.6 is 12.2 Å². The molecule has 0 radical (unpaired) electrons. The van der Waals surface area contributed by atoms with E-state index in [9.17, 15) is 14.7 Å². The summed E-state index contributed by atoms with van der Waals surface area (Å²) in [5.41, 5.74) is 0.678. The van der Waals surface area contributed by atoms with Crippen LogP contribution in [-0.4, -0.2) is 44.4 Å². The number of ketones is 2. The average molecular weight is 330 g/mol. The molecule has 0 unspecified atom stereocenters. The summed E-state index contributed by atoms with van der Waals surface area (Å²) in [6.07, 6.45) is 2.35. The van der Waals surface area contributed by atoms with Crippen molar-refractivity contribution in [2.45, 2.75) is 0 Å². The largest absolute Gasteiger partial charge is 0.508 e. The maximum atomic E-state index is 11.3. The first-order chi connectivity index (χ1) is 11.0. The second-order valence-corrected chi connectivity index (χ2v) is 4.97. The third-order valence-corrected chi connectivity index (χ3v) is 3.26. The van der Waals surface area contributed by atoms with E-state index < -0.39 is 11.6 Å². The van der Waals surface area contributed by atoms with Crippen molar-refractivity contribution in [3.8, 4) is 17.1 Å². The molecular weight excluding hydrogens is 320 g/mol. The van der Waals surface area contributed by atoms with Crippen LogP contribution < -0.4 is 0 Å². The molecule has 3 rings (SSSR count). The van der Waals surface area contributed by atoms with E-state index in [4.69, 9.17) is 17.0 Å². The van der Waals surface area contributed by atoms with Crippen molar-refractivity contribution in [1.82, 2.24) is 14.9 Å². The lowest BCUT2D eigenvalue weighted by atomic mass is 10.2. The Bertz CT molecular complexity index is 892. The van der Waals surface area contributed by atoms with Crippen LogP contribution in [0, 0.1) is 4.77 Å². The first-order valence-corrected chi connectivity index (χ1v) is 6.88. The quantitative estimate of drug-likeness (QED) is 0.497. The van der Waals surface area contributed by atoms with Gasteiger partial charge in [0.25, 0.3) is 0 Å². The molecule has 9 heteroatoms. The summed E-state index contributed by atoms with van der Waals surface area (Å²) in [6.45, 7) is -0.307. The fraction of sp³-hybridized carbons (Fsp3) is 0.0714. The number of hydrogen-bond acceptors (Lipinski definition) is 7. The zero-order chi connectivity index (χ0) is 16.4. The van der Waals surface area contributed by atoms with Gasteiger partial charge in [-0.2, -0.15) is 14.9 Å². The molecule has 0 saturated carbocycles. The van der Waals surface area contributed by atoms with Gasteiger partial charge in [0.1, 0.15) is 11.5 Å². The first-order valence-electron chi connectivity index (χ1n) is 6.47. The van der Waals surface area contributed by atoms with Crippen LogP contribution in [0.2, 0.25) is 0 Å². The fourth-order valence-electron chi connectivity index (χ4n) is 1.86. The van der Waals surface area contributed by atoms with Gasteiger partial charge in [0.05, 0.1) is 6.21 Å². The highest BCUT2D eigenvalue weighted by Crippen LogP contribution is 2.20. The Morgan fingerprint density at radius 3 is 2.78 bits per heavy atom. The maximum absolute atomic E-state index is 11.3. The Balaban J connectivity index is 1.93. The van der Waals surface area contributed by atoms with E-state index in [2.05, 4.69) is 15.3 Å². The van der Waals surface area contributed by atoms with Gasteiger partial charge < -0.3 is 9.84 Å². The highest BCUT2D eigenvalue weighted by Gasteiger charge is 2.19. The molecule has 2 aromatic rings. The number of nitrogens with zero attached hydrogens (tertiary/aromatic N) is 3. The highest BCUT2D eigenvalue weighted by molar-refractivity contribution is 7.71. The molecule has 0 spiro atoms. The van der Waals surface area contributed by atoms with Gasteiger partial charge >= 0.3 is 0 Å². The molecule has 2 heterocycles. The van der Waals surface area contributed by atoms with Crippen molar-refractivity contribution in [3.05, 3.63) is 40.9 Å². The number of aromatic amines is 1. The molecule has 1 aromatic carbocycles. The molecule has 8 nitrogen and oxygen atoms in total. The van der Waals surface area contributed by atoms with Crippen LogP contribution in [-0.2, 0) is 14.3 Å². The van der Waals surface area contributed by atoms with Crippen LogP contribution in [0.15, 0.2) is 41.2 Å². The van der Waals surface area contributed by atoms with Crippen LogP contribution in [0.1, 0.15) is 0 Å². The summed E-state index contributed by atoms with van der Waals surface area (Å²) in [6, 6.07) is 6.34. The Hall–Kier alpha value is -3.07. The smallest absolute Gasteiger partial charge is 0.240 e. The first kappa shape index (κ1) is 14.9. The number of nitrogens with one attached hydrogen (secondary N) is 1. The van der Waals surface area contributed by atoms with Gasteiger partial charge in [-0.1, -0.05) is 0 Å². The Kier molecular flexibility index (Phi) is 3.85. The normalized spacial score (nSPS) is 14.9. The number of benzene rings is 1. The van der Waals surface area contributed by atoms with E-state index in [1.165, 1.54) is 23.0 Å². The van der Waals surface area contributed by atoms with Crippen molar-refractivity contribution in [2.24, 2.45) is 5.10 Å². The minimum Gasteiger partial charge on any atom is -0.508 e. The van der Waals surface area contributed by atoms with Crippen molar-refractivity contribution in [3.63, 3.8) is 0 Å². The number of carbonyl (C=O) groups excluding carboxylic acids is 2. The molecule has 0 fully saturated rings. The number of ether oxygens (including phenoxy) is 1. The Labute approximate surface area is 134 Å². The lowest BCUT2D eigenvalue weighted by molar-refractivity contribution is -0.137. The van der Waals surface area contributed by atoms with Crippen molar-refractivity contribution in [1.29, 1.82) is 0 Å². The lowest BCUT2D eigenvalue weighted by Gasteiger charge is -2.09. The maximum Gasteiger partial charge on any atom is 0.240 e. The molecular formula is C14H10N4O4S. The molecule has 1 aromatic heterocycles. The van der Waals surface area contributed by atoms with Gasteiger partial charge in [-0.25, -0.2) is 5.10 Å². The third-order valence-electron chi connectivity index (χ3n) is 2.99. The summed E-state index contributed by atoms with van der Waals surface area (Å²) < 4.78 is 6.67. The number of H-pyrrole nitrogens is 1. The molecule has 0 saturated heterocycles. The molecule has 1 aliphatic heterocycles. The number of Topliss-reactive ketones (excluding diaryl/α,β-unsaturated/α-hetero) is 1. The van der Waals surface area contributed by atoms with E-state index in [1.807, 2.05) is 0 Å². The lowest BCUT2D eigenvalue weighted by Crippen LogP contribution is -2.23. The Morgan fingerprint density at radius 2 is 2.09 bits per heavy atom. The molecule has 0 amide bonds. The second kappa shape index (κ2) is 5.97. The minimum atomic E-state index is -0.632. The summed E-state index contributed by atoms with van der Waals surface area (Å²) >= 11 is 5.11. The van der Waals surface area contributed by atoms with E-state index in [-0.39, 0.29) is 22.9 Å². The van der Waals surface area contributed by atoms with E-state index in [0.29, 0.717) is 11.4 Å². The molecule has 1 aliphatic rings. The van der Waals surface area contributed by atoms with Crippen LogP contribution in [0.5, 0.6) is 5.75 Å². The van der Waals surface area contributed by atoms with Crippen LogP contribution in [0.3, 0.4) is 0 Å². The number of hydrogen-bond donors (Lipinski definition) is 2. The predicted molar refractivity (Wildman–Crippen MR) is 82.5 cm³/mol. The summed E-state index contributed by atoms with van der Waals surface area (Å²) in [5, 5.41) is 20.1. The summed E-state index contributed by atoms with van der Waals surface area (Å²) in [5.74, 6) is -0.527. The average Bonchev–Trinajstić information content (AvgIpc) is 2.90. The fourth-order valence-corrected chi connectivity index (χ4v) is 2.04. The van der Waals surface area contributed by atoms with E-state index >= 15 is 0 Å². The van der Waals surface area contributed by atoms with E-state index in [0.717, 1.165) is 6.08 Å². The molecule has 23 heavy (non-hydrogen) atoms. The number of aromatic nitrogens is 3. The number of phenols is 1. The van der Waals surface area contributed by atoms with Crippen LogP contribution in [0.4, 0.5) is 0 Å². The summed E-state index contributed by atoms with van der Waals surface area (Å²) in [4.78, 5) is 22.4. The molecule has 0 bridgehead atoms. The van der Waals surface area contributed by atoms with Gasteiger partial charge in [0.15, 0.2) is 12.4 Å². The number of allylic oxidation sites excluding steroid dienone is 2. The molecule has 2 N–H and O–H groups in total. The van der Waals surface area contributed by atoms with Crippen molar-refractivity contribution < 1.29 is 19.4 Å². The molecule has 116 valence electrons. The number of aromatic hydroxyl groups is 1. The minimum absolute atomic E-state index is 0.127. The number of carbonyl (C=O) groups is 2. The SMILES string of the molecule is O=C1C=C(/C=N/n2c(-c3ccc(O)cc3)n[nH]c2=S)OCC1=O. The monoisotopic (exact) mass is 330 g/mol. The topological polar surface area (TPSA) is 110 Å². The van der Waals surface area contributed by atoms with Crippen LogP contribution in [0.25, 0.3) is 11.4 Å². The number of phenolic OH excluding ortho intramolecular Hbond substituents is 1. The van der Waals surface area contributed by atoms with Crippen molar-refractivity contribution >= 4 is 30.0 Å². The zero-order valence-electron chi connectivity index (χ0n) is 11.6. The standard InChI is InChI=1S/C14H10N4O4S/c19-9-3-1-8(2-4-9)13-16-17-14(23)18(13)15-6-10-5-11(20)12(21)7-22-10/h1-6,19H,7H2,(H,17,23)/b15-6+. The number of rotatable bonds is 3. The third kappa shape index (κ3) is 3.09. The highest BCUT2D eigenvalue weighted by atomic mass is 32.1. The summed E-state index contributed by atoms with van der Waals surface area (Å²) in [7, 11) is 0. The van der Waals surface area contributed by atoms with Crippen molar-refractivity contribution in [2.75, 3.05) is 6.61 Å². The van der Waals surface area contributed by atoms with Gasteiger partial charge in [-0.3, -0.25) is 9.59 Å². The van der Waals surface area contributed by atoms with Gasteiger partial charge in [-0.15, -0.1) is 0 Å². The predicted octanol–water partition coefficient (Wildman–Crippen LogP) is 1.20. The molecule has 0 atom stereocenters. The molecule has 0 aliphatic carbocycles. The second-order valence-electron chi connectivity index (χ2n) is 4.58. The zero-order valence-corrected chi connectivity index (χ0v) is 12.4. The van der Waals surface area contributed by atoms with Gasteiger partial charge in [0.2, 0.25) is 16.3 Å². The van der Waals surface area contributed by atoms with E-state index in [1.54, 1.807) is 12.1 Å².